The van der Waals surface area contributed by atoms with Crippen molar-refractivity contribution in [3.63, 3.8) is 0 Å². The molecule has 2 atom stereocenters. The number of aryl methyl sites for hydroxylation is 1. The van der Waals surface area contributed by atoms with Gasteiger partial charge in [0.2, 0.25) is 0 Å². The van der Waals surface area contributed by atoms with Gasteiger partial charge in [-0.05, 0) is 73.7 Å². The lowest BCUT2D eigenvalue weighted by atomic mass is 9.67. The zero-order chi connectivity index (χ0) is 15.8. The highest BCUT2D eigenvalue weighted by atomic mass is 16.5. The molecule has 3 nitrogen and oxygen atoms in total. The Balaban J connectivity index is 1.56. The molecule has 2 unspecified atom stereocenters. The largest absolute Gasteiger partial charge is 0.496 e. The Morgan fingerprint density at radius 1 is 1.09 bits per heavy atom. The first-order valence-corrected chi connectivity index (χ1v) is 9.36. The third-order valence-corrected chi connectivity index (χ3v) is 6.38. The van der Waals surface area contributed by atoms with Crippen LogP contribution in [0.4, 0.5) is 0 Å². The van der Waals surface area contributed by atoms with Gasteiger partial charge in [0, 0.05) is 32.7 Å². The van der Waals surface area contributed by atoms with E-state index in [1.165, 1.54) is 70.4 Å². The lowest BCUT2D eigenvalue weighted by Gasteiger charge is -2.42. The normalized spacial score (nSPS) is 28.4. The van der Waals surface area contributed by atoms with Crippen molar-refractivity contribution in [2.45, 2.75) is 38.0 Å². The van der Waals surface area contributed by atoms with Crippen LogP contribution in [-0.2, 0) is 12.8 Å². The van der Waals surface area contributed by atoms with Gasteiger partial charge in [-0.2, -0.15) is 0 Å². The molecule has 0 bridgehead atoms. The highest BCUT2D eigenvalue weighted by Crippen LogP contribution is 2.47. The highest BCUT2D eigenvalue weighted by molar-refractivity contribution is 5.50. The molecule has 0 radical (unpaired) electrons. The molecule has 0 N–H and O–H groups in total. The number of hydrogen-bond donors (Lipinski definition) is 0. The van der Waals surface area contributed by atoms with E-state index in [0.29, 0.717) is 0 Å². The van der Waals surface area contributed by atoms with Crippen LogP contribution in [0.15, 0.2) is 12.1 Å². The van der Waals surface area contributed by atoms with Crippen molar-refractivity contribution >= 4 is 0 Å². The van der Waals surface area contributed by atoms with E-state index in [-0.39, 0.29) is 0 Å². The Kier molecular flexibility index (Phi) is 4.33. The summed E-state index contributed by atoms with van der Waals surface area (Å²) in [6.07, 6.45) is 6.56. The summed E-state index contributed by atoms with van der Waals surface area (Å²) < 4.78 is 5.67. The maximum Gasteiger partial charge on any atom is 0.122 e. The molecule has 0 spiro atoms. The van der Waals surface area contributed by atoms with Gasteiger partial charge in [-0.15, -0.1) is 0 Å². The van der Waals surface area contributed by atoms with Crippen LogP contribution in [0.1, 0.15) is 41.9 Å². The second-order valence-corrected chi connectivity index (χ2v) is 7.72. The van der Waals surface area contributed by atoms with Gasteiger partial charge in [-0.3, -0.25) is 0 Å². The smallest absolute Gasteiger partial charge is 0.122 e. The molecule has 126 valence electrons. The van der Waals surface area contributed by atoms with Crippen LogP contribution in [0.2, 0.25) is 0 Å². The number of benzene rings is 1. The first kappa shape index (κ1) is 15.5. The number of rotatable bonds is 3. The van der Waals surface area contributed by atoms with Crippen LogP contribution in [0.3, 0.4) is 0 Å². The number of hydrogen-bond acceptors (Lipinski definition) is 3. The molecule has 1 aromatic rings. The summed E-state index contributed by atoms with van der Waals surface area (Å²) in [5.41, 5.74) is 4.82. The molecule has 3 heteroatoms. The van der Waals surface area contributed by atoms with E-state index in [0.717, 1.165) is 17.6 Å². The van der Waals surface area contributed by atoms with Crippen molar-refractivity contribution in [3.8, 4) is 5.75 Å². The molecule has 0 aromatic heterocycles. The van der Waals surface area contributed by atoms with Gasteiger partial charge in [0.15, 0.2) is 0 Å². The van der Waals surface area contributed by atoms with Crippen molar-refractivity contribution in [1.82, 2.24) is 9.80 Å². The highest BCUT2D eigenvalue weighted by Gasteiger charge is 2.35. The molecule has 2 aliphatic carbocycles. The molecular weight excluding hydrogens is 284 g/mol. The molecule has 1 heterocycles. The Labute approximate surface area is 140 Å². The van der Waals surface area contributed by atoms with Gasteiger partial charge in [-0.1, -0.05) is 6.07 Å². The van der Waals surface area contributed by atoms with Gasteiger partial charge in [0.1, 0.15) is 5.75 Å². The van der Waals surface area contributed by atoms with Crippen molar-refractivity contribution in [2.75, 3.05) is 46.9 Å². The van der Waals surface area contributed by atoms with Gasteiger partial charge in [-0.25, -0.2) is 0 Å². The van der Waals surface area contributed by atoms with E-state index in [2.05, 4.69) is 29.0 Å². The van der Waals surface area contributed by atoms with Gasteiger partial charge >= 0.3 is 0 Å². The molecule has 0 saturated carbocycles. The van der Waals surface area contributed by atoms with E-state index < -0.39 is 0 Å². The van der Waals surface area contributed by atoms with Crippen LogP contribution in [-0.4, -0.2) is 56.7 Å². The molecule has 1 aliphatic heterocycles. The van der Waals surface area contributed by atoms with E-state index in [1.807, 2.05) is 7.11 Å². The maximum absolute atomic E-state index is 5.67. The predicted octanol–water partition coefficient (Wildman–Crippen LogP) is 2.92. The van der Waals surface area contributed by atoms with Crippen molar-refractivity contribution in [1.29, 1.82) is 0 Å². The number of piperazine rings is 1. The van der Waals surface area contributed by atoms with Crippen LogP contribution >= 0.6 is 0 Å². The molecule has 3 aliphatic rings. The average molecular weight is 314 g/mol. The summed E-state index contributed by atoms with van der Waals surface area (Å²) in [5, 5.41) is 0. The molecule has 1 fully saturated rings. The van der Waals surface area contributed by atoms with Crippen LogP contribution < -0.4 is 4.74 Å². The zero-order valence-electron chi connectivity index (χ0n) is 14.7. The molecule has 4 rings (SSSR count). The third kappa shape index (κ3) is 2.89. The van der Waals surface area contributed by atoms with Crippen molar-refractivity contribution in [2.24, 2.45) is 5.92 Å². The number of ether oxygens (including phenoxy) is 1. The van der Waals surface area contributed by atoms with Crippen LogP contribution in [0.5, 0.6) is 5.75 Å². The van der Waals surface area contributed by atoms with Gasteiger partial charge < -0.3 is 14.5 Å². The summed E-state index contributed by atoms with van der Waals surface area (Å²) in [6.45, 7) is 6.25. The summed E-state index contributed by atoms with van der Waals surface area (Å²) >= 11 is 0. The Bertz CT molecular complexity index is 563. The summed E-state index contributed by atoms with van der Waals surface area (Å²) in [5.74, 6) is 2.75. The summed E-state index contributed by atoms with van der Waals surface area (Å²) in [6, 6.07) is 4.54. The molecule has 1 aromatic carbocycles. The fourth-order valence-electron chi connectivity index (χ4n) is 5.06. The molecule has 1 saturated heterocycles. The number of likely N-dealkylation sites (N-methyl/N-ethyl adjacent to an activating group) is 1. The van der Waals surface area contributed by atoms with E-state index in [9.17, 15) is 0 Å². The molecule has 23 heavy (non-hydrogen) atoms. The Morgan fingerprint density at radius 3 is 2.70 bits per heavy atom. The fourth-order valence-corrected chi connectivity index (χ4v) is 5.06. The zero-order valence-corrected chi connectivity index (χ0v) is 14.7. The van der Waals surface area contributed by atoms with Crippen LogP contribution in [0.25, 0.3) is 0 Å². The topological polar surface area (TPSA) is 15.7 Å². The van der Waals surface area contributed by atoms with Crippen molar-refractivity contribution in [3.05, 3.63) is 28.8 Å². The molecular formula is C20H30N2O. The second-order valence-electron chi connectivity index (χ2n) is 7.72. The first-order valence-electron chi connectivity index (χ1n) is 9.36. The number of nitrogens with zero attached hydrogens (tertiary/aromatic N) is 2. The minimum Gasteiger partial charge on any atom is -0.496 e. The molecule has 0 amide bonds. The number of methoxy groups -OCH3 is 1. The van der Waals surface area contributed by atoms with E-state index in [4.69, 9.17) is 4.74 Å². The third-order valence-electron chi connectivity index (χ3n) is 6.38. The maximum atomic E-state index is 5.67. The van der Waals surface area contributed by atoms with Crippen molar-refractivity contribution < 1.29 is 4.74 Å². The van der Waals surface area contributed by atoms with Gasteiger partial charge in [0.25, 0.3) is 0 Å². The minimum absolute atomic E-state index is 0.775. The lowest BCUT2D eigenvalue weighted by molar-refractivity contribution is 0.122. The summed E-state index contributed by atoms with van der Waals surface area (Å²) in [4.78, 5) is 5.17. The van der Waals surface area contributed by atoms with E-state index in [1.54, 1.807) is 11.1 Å². The first-order chi connectivity index (χ1) is 11.3. The minimum atomic E-state index is 0.775. The van der Waals surface area contributed by atoms with Gasteiger partial charge in [0.05, 0.1) is 7.11 Å². The second kappa shape index (κ2) is 6.45. The standard InChI is InChI=1S/C20H30N2O/c1-21-10-12-22(13-11-21)14-16-7-6-15-8-9-19(23-2)18-5-3-4-17(16)20(15)18/h8-9,16-17H,3-7,10-14H2,1-2H3. The van der Waals surface area contributed by atoms with Crippen LogP contribution in [0, 0.1) is 5.92 Å². The summed E-state index contributed by atoms with van der Waals surface area (Å²) in [7, 11) is 4.07. The monoisotopic (exact) mass is 314 g/mol. The van der Waals surface area contributed by atoms with E-state index >= 15 is 0 Å². The lowest BCUT2D eigenvalue weighted by Crippen LogP contribution is -2.47. The Morgan fingerprint density at radius 2 is 1.91 bits per heavy atom. The predicted molar refractivity (Wildman–Crippen MR) is 94.4 cm³/mol. The SMILES string of the molecule is COc1ccc2c3c1CCCC3C(CN1CCN(C)CC1)CC2. The average Bonchev–Trinajstić information content (AvgIpc) is 2.59. The fraction of sp³-hybridized carbons (Fsp3) is 0.700. The quantitative estimate of drug-likeness (QED) is 0.853. The Hall–Kier alpha value is -1.06.